The highest BCUT2D eigenvalue weighted by molar-refractivity contribution is 6.30. The molecule has 1 saturated heterocycles. The molecule has 1 fully saturated rings. The fourth-order valence-corrected chi connectivity index (χ4v) is 5.20. The van der Waals surface area contributed by atoms with Crippen LogP contribution < -0.4 is 9.64 Å². The van der Waals surface area contributed by atoms with Crippen LogP contribution in [0.2, 0.25) is 5.02 Å². The number of benzene rings is 3. The number of anilines is 1. The van der Waals surface area contributed by atoms with E-state index in [1.807, 2.05) is 6.07 Å². The lowest BCUT2D eigenvalue weighted by molar-refractivity contribution is -0.120. The summed E-state index contributed by atoms with van der Waals surface area (Å²) in [7, 11) is 0. The molecule has 2 heterocycles. The van der Waals surface area contributed by atoms with Crippen LogP contribution in [0.4, 0.5) is 14.5 Å². The minimum Gasteiger partial charge on any atom is -0.484 e. The second-order valence-corrected chi connectivity index (χ2v) is 9.51. The lowest BCUT2D eigenvalue weighted by Crippen LogP contribution is -2.46. The van der Waals surface area contributed by atoms with Gasteiger partial charge >= 0.3 is 0 Å². The van der Waals surface area contributed by atoms with Gasteiger partial charge in [0.05, 0.1) is 0 Å². The standard InChI is InChI=1S/C27H25ClF2N2O2/c28-20-4-7-23(8-5-20)34-17-26(33)32-18-27(24-15-22(30)6-9-25(24)32)10-12-31(13-11-27)16-19-2-1-3-21(29)14-19/h1-9,14-15H,10-13,16-18H2. The number of likely N-dealkylation sites (tertiary alicyclic amines) is 1. The maximum absolute atomic E-state index is 14.2. The first-order valence-electron chi connectivity index (χ1n) is 11.4. The van der Waals surface area contributed by atoms with Gasteiger partial charge < -0.3 is 9.64 Å². The maximum Gasteiger partial charge on any atom is 0.264 e. The molecular formula is C27H25ClF2N2O2. The van der Waals surface area contributed by atoms with Crippen molar-refractivity contribution in [3.8, 4) is 5.75 Å². The summed E-state index contributed by atoms with van der Waals surface area (Å²) in [6, 6.07) is 18.2. The van der Waals surface area contributed by atoms with Crippen molar-refractivity contribution in [2.24, 2.45) is 0 Å². The van der Waals surface area contributed by atoms with Crippen LogP contribution in [0.5, 0.6) is 5.75 Å². The van der Waals surface area contributed by atoms with Crippen molar-refractivity contribution in [2.75, 3.05) is 31.1 Å². The Kier molecular flexibility index (Phi) is 6.28. The monoisotopic (exact) mass is 482 g/mol. The van der Waals surface area contributed by atoms with E-state index in [4.69, 9.17) is 16.3 Å². The molecule has 0 unspecified atom stereocenters. The summed E-state index contributed by atoms with van der Waals surface area (Å²) in [6.45, 7) is 2.63. The molecule has 3 aromatic carbocycles. The number of amides is 1. The normalized spacial score (nSPS) is 17.1. The predicted octanol–water partition coefficient (Wildman–Crippen LogP) is 5.58. The molecule has 1 amide bonds. The van der Waals surface area contributed by atoms with E-state index in [2.05, 4.69) is 4.90 Å². The quantitative estimate of drug-likeness (QED) is 0.476. The number of hydrogen-bond donors (Lipinski definition) is 0. The Labute approximate surface area is 202 Å². The third-order valence-electron chi connectivity index (χ3n) is 6.87. The van der Waals surface area contributed by atoms with Crippen molar-refractivity contribution < 1.29 is 18.3 Å². The molecule has 1 spiro atoms. The molecule has 2 aliphatic heterocycles. The Morgan fingerprint density at radius 3 is 2.44 bits per heavy atom. The molecule has 34 heavy (non-hydrogen) atoms. The van der Waals surface area contributed by atoms with Gasteiger partial charge in [-0.05, 0) is 91.7 Å². The lowest BCUT2D eigenvalue weighted by atomic mass is 9.74. The van der Waals surface area contributed by atoms with Crippen molar-refractivity contribution in [2.45, 2.75) is 24.8 Å². The van der Waals surface area contributed by atoms with Gasteiger partial charge in [0, 0.05) is 29.2 Å². The molecule has 5 rings (SSSR count). The van der Waals surface area contributed by atoms with Crippen molar-refractivity contribution in [1.82, 2.24) is 4.90 Å². The van der Waals surface area contributed by atoms with Gasteiger partial charge in [-0.2, -0.15) is 0 Å². The van der Waals surface area contributed by atoms with Gasteiger partial charge in [0.2, 0.25) is 0 Å². The number of piperidine rings is 1. The first-order valence-corrected chi connectivity index (χ1v) is 11.8. The average molecular weight is 483 g/mol. The van der Waals surface area contributed by atoms with Gasteiger partial charge in [0.15, 0.2) is 6.61 Å². The minimum absolute atomic E-state index is 0.111. The molecule has 0 saturated carbocycles. The van der Waals surface area contributed by atoms with Crippen LogP contribution in [0.25, 0.3) is 0 Å². The van der Waals surface area contributed by atoms with Crippen LogP contribution in [0, 0.1) is 11.6 Å². The zero-order chi connectivity index (χ0) is 23.7. The van der Waals surface area contributed by atoms with E-state index in [-0.39, 0.29) is 29.6 Å². The van der Waals surface area contributed by atoms with Gasteiger partial charge in [0.25, 0.3) is 5.91 Å². The van der Waals surface area contributed by atoms with E-state index in [0.717, 1.165) is 42.7 Å². The SMILES string of the molecule is O=C(COc1ccc(Cl)cc1)N1CC2(CCN(Cc3cccc(F)c3)CC2)c2cc(F)ccc21. The zero-order valence-electron chi connectivity index (χ0n) is 18.6. The van der Waals surface area contributed by atoms with Crippen LogP contribution in [0.15, 0.2) is 66.7 Å². The number of carbonyl (C=O) groups excluding carboxylic acids is 1. The number of carbonyl (C=O) groups is 1. The summed E-state index contributed by atoms with van der Waals surface area (Å²) >= 11 is 5.91. The van der Waals surface area contributed by atoms with Crippen LogP contribution in [0.3, 0.4) is 0 Å². The van der Waals surface area contributed by atoms with Gasteiger partial charge in [0.1, 0.15) is 17.4 Å². The second-order valence-electron chi connectivity index (χ2n) is 9.07. The number of halogens is 3. The van der Waals surface area contributed by atoms with Crippen LogP contribution >= 0.6 is 11.6 Å². The second kappa shape index (κ2) is 9.35. The van der Waals surface area contributed by atoms with Gasteiger partial charge in [-0.1, -0.05) is 23.7 Å². The molecule has 4 nitrogen and oxygen atoms in total. The Morgan fingerprint density at radius 2 is 1.71 bits per heavy atom. The van der Waals surface area contributed by atoms with E-state index < -0.39 is 0 Å². The van der Waals surface area contributed by atoms with Gasteiger partial charge in [-0.3, -0.25) is 9.69 Å². The van der Waals surface area contributed by atoms with Crippen molar-refractivity contribution in [3.05, 3.63) is 94.5 Å². The lowest BCUT2D eigenvalue weighted by Gasteiger charge is -2.40. The Morgan fingerprint density at radius 1 is 0.971 bits per heavy atom. The summed E-state index contributed by atoms with van der Waals surface area (Å²) in [5.41, 5.74) is 2.28. The number of hydrogen-bond acceptors (Lipinski definition) is 3. The first kappa shape index (κ1) is 22.8. The van der Waals surface area contributed by atoms with E-state index in [9.17, 15) is 13.6 Å². The Hall–Kier alpha value is -2.96. The molecule has 0 aromatic heterocycles. The molecule has 2 aliphatic rings. The van der Waals surface area contributed by atoms with Crippen molar-refractivity contribution in [3.63, 3.8) is 0 Å². The molecular weight excluding hydrogens is 458 g/mol. The summed E-state index contributed by atoms with van der Waals surface area (Å²) in [5, 5.41) is 0.597. The molecule has 0 radical (unpaired) electrons. The van der Waals surface area contributed by atoms with Gasteiger partial charge in [-0.25, -0.2) is 8.78 Å². The smallest absolute Gasteiger partial charge is 0.264 e. The van der Waals surface area contributed by atoms with Crippen LogP contribution in [-0.2, 0) is 16.8 Å². The largest absolute Gasteiger partial charge is 0.484 e. The summed E-state index contributed by atoms with van der Waals surface area (Å²) in [4.78, 5) is 17.1. The van der Waals surface area contributed by atoms with Crippen LogP contribution in [0.1, 0.15) is 24.0 Å². The molecule has 0 aliphatic carbocycles. The van der Waals surface area contributed by atoms with E-state index in [1.54, 1.807) is 53.4 Å². The molecule has 3 aromatic rings. The third-order valence-corrected chi connectivity index (χ3v) is 7.12. The number of nitrogens with zero attached hydrogens (tertiary/aromatic N) is 2. The topological polar surface area (TPSA) is 32.8 Å². The highest BCUT2D eigenvalue weighted by Crippen LogP contribution is 2.47. The highest BCUT2D eigenvalue weighted by Gasteiger charge is 2.46. The number of ether oxygens (including phenoxy) is 1. The number of rotatable bonds is 5. The third kappa shape index (κ3) is 4.65. The van der Waals surface area contributed by atoms with Crippen molar-refractivity contribution in [1.29, 1.82) is 0 Å². The van der Waals surface area contributed by atoms with E-state index >= 15 is 0 Å². The zero-order valence-corrected chi connectivity index (χ0v) is 19.4. The highest BCUT2D eigenvalue weighted by atomic mass is 35.5. The molecule has 7 heteroatoms. The predicted molar refractivity (Wildman–Crippen MR) is 128 cm³/mol. The minimum atomic E-state index is -0.300. The van der Waals surface area contributed by atoms with E-state index in [0.29, 0.717) is 23.9 Å². The molecule has 0 N–H and O–H groups in total. The summed E-state index contributed by atoms with van der Waals surface area (Å²) < 4.78 is 33.5. The van der Waals surface area contributed by atoms with Gasteiger partial charge in [-0.15, -0.1) is 0 Å². The fraction of sp³-hybridized carbons (Fsp3) is 0.296. The molecule has 0 bridgehead atoms. The Balaban J connectivity index is 1.29. The van der Waals surface area contributed by atoms with Crippen molar-refractivity contribution >= 4 is 23.2 Å². The molecule has 0 atom stereocenters. The maximum atomic E-state index is 14.2. The first-order chi connectivity index (χ1) is 16.4. The average Bonchev–Trinajstić information content (AvgIpc) is 3.13. The fourth-order valence-electron chi connectivity index (χ4n) is 5.08. The van der Waals surface area contributed by atoms with E-state index in [1.165, 1.54) is 12.1 Å². The summed E-state index contributed by atoms with van der Waals surface area (Å²) in [6.07, 6.45) is 1.58. The Bertz CT molecular complexity index is 1190. The summed E-state index contributed by atoms with van der Waals surface area (Å²) in [5.74, 6) is -0.133. The molecule has 176 valence electrons. The van der Waals surface area contributed by atoms with Crippen LogP contribution in [-0.4, -0.2) is 37.0 Å². The number of fused-ring (bicyclic) bond motifs is 2.